The molecule has 3 nitrogen and oxygen atoms in total. The average Bonchev–Trinajstić information content (AvgIpc) is 2.45. The highest BCUT2D eigenvalue weighted by atomic mass is 19.2. The van der Waals surface area contributed by atoms with Gasteiger partial charge in [-0.05, 0) is 25.0 Å². The molecule has 0 saturated carbocycles. The van der Waals surface area contributed by atoms with Crippen LogP contribution in [0, 0.1) is 17.5 Å². The van der Waals surface area contributed by atoms with E-state index in [2.05, 4.69) is 15.3 Å². The Balaban J connectivity index is 2.69. The van der Waals surface area contributed by atoms with Gasteiger partial charge >= 0.3 is 0 Å². The Morgan fingerprint density at radius 1 is 1.10 bits per heavy atom. The van der Waals surface area contributed by atoms with Crippen molar-refractivity contribution in [1.82, 2.24) is 9.97 Å². The standard InChI is InChI=1S/C15H16F3N3/c1-4-19-15-11(8(2)3)14(20-7-21-15)9-5-6-10(16)13(18)12(9)17/h5-8H,4H2,1-3H3,(H,19,20,21). The van der Waals surface area contributed by atoms with Gasteiger partial charge in [0.05, 0.1) is 5.69 Å². The van der Waals surface area contributed by atoms with Crippen molar-refractivity contribution in [2.45, 2.75) is 26.7 Å². The number of nitrogens with zero attached hydrogens (tertiary/aromatic N) is 2. The zero-order valence-electron chi connectivity index (χ0n) is 12.0. The summed E-state index contributed by atoms with van der Waals surface area (Å²) in [5.74, 6) is -3.39. The summed E-state index contributed by atoms with van der Waals surface area (Å²) >= 11 is 0. The molecule has 0 spiro atoms. The highest BCUT2D eigenvalue weighted by Gasteiger charge is 2.21. The molecular formula is C15H16F3N3. The number of benzene rings is 1. The predicted octanol–water partition coefficient (Wildman–Crippen LogP) is 4.12. The van der Waals surface area contributed by atoms with Crippen LogP contribution < -0.4 is 5.32 Å². The van der Waals surface area contributed by atoms with E-state index in [9.17, 15) is 13.2 Å². The molecule has 0 radical (unpaired) electrons. The Kier molecular flexibility index (Phi) is 4.45. The molecule has 1 N–H and O–H groups in total. The average molecular weight is 295 g/mol. The fourth-order valence-electron chi connectivity index (χ4n) is 2.17. The first kappa shape index (κ1) is 15.3. The number of rotatable bonds is 4. The minimum Gasteiger partial charge on any atom is -0.370 e. The summed E-state index contributed by atoms with van der Waals surface area (Å²) in [5, 5.41) is 3.07. The molecule has 0 aliphatic rings. The van der Waals surface area contributed by atoms with Gasteiger partial charge in [0, 0.05) is 17.7 Å². The SMILES string of the molecule is CCNc1ncnc(-c2ccc(F)c(F)c2F)c1C(C)C. The van der Waals surface area contributed by atoms with Gasteiger partial charge in [-0.2, -0.15) is 0 Å². The summed E-state index contributed by atoms with van der Waals surface area (Å²) in [6, 6.07) is 2.09. The first-order chi connectivity index (χ1) is 9.97. The van der Waals surface area contributed by atoms with Crippen molar-refractivity contribution in [3.05, 3.63) is 41.5 Å². The number of hydrogen-bond acceptors (Lipinski definition) is 3. The summed E-state index contributed by atoms with van der Waals surface area (Å²) in [5.41, 5.74) is 0.871. The van der Waals surface area contributed by atoms with Crippen molar-refractivity contribution in [3.8, 4) is 11.3 Å². The molecule has 6 heteroatoms. The lowest BCUT2D eigenvalue weighted by atomic mass is 9.97. The highest BCUT2D eigenvalue weighted by molar-refractivity contribution is 5.69. The van der Waals surface area contributed by atoms with Crippen molar-refractivity contribution < 1.29 is 13.2 Å². The molecule has 0 aliphatic heterocycles. The number of aromatic nitrogens is 2. The van der Waals surface area contributed by atoms with Gasteiger partial charge in [0.2, 0.25) is 0 Å². The Morgan fingerprint density at radius 2 is 1.81 bits per heavy atom. The van der Waals surface area contributed by atoms with Crippen molar-refractivity contribution >= 4 is 5.82 Å². The van der Waals surface area contributed by atoms with E-state index >= 15 is 0 Å². The van der Waals surface area contributed by atoms with Crippen LogP contribution in [0.25, 0.3) is 11.3 Å². The van der Waals surface area contributed by atoms with Crippen LogP contribution in [0.4, 0.5) is 19.0 Å². The Hall–Kier alpha value is -2.11. The third kappa shape index (κ3) is 2.84. The van der Waals surface area contributed by atoms with Gasteiger partial charge in [-0.1, -0.05) is 13.8 Å². The lowest BCUT2D eigenvalue weighted by Crippen LogP contribution is -2.08. The monoisotopic (exact) mass is 295 g/mol. The smallest absolute Gasteiger partial charge is 0.195 e. The third-order valence-corrected chi connectivity index (χ3v) is 3.10. The second-order valence-electron chi connectivity index (χ2n) is 4.89. The first-order valence-corrected chi connectivity index (χ1v) is 6.70. The number of nitrogens with one attached hydrogen (secondary N) is 1. The topological polar surface area (TPSA) is 37.8 Å². The van der Waals surface area contributed by atoms with Crippen LogP contribution in [0.2, 0.25) is 0 Å². The largest absolute Gasteiger partial charge is 0.370 e. The van der Waals surface area contributed by atoms with Crippen LogP contribution in [-0.4, -0.2) is 16.5 Å². The molecule has 2 aromatic rings. The van der Waals surface area contributed by atoms with Crippen LogP contribution in [0.15, 0.2) is 18.5 Å². The highest BCUT2D eigenvalue weighted by Crippen LogP contribution is 2.34. The minimum absolute atomic E-state index is 0.0113. The fourth-order valence-corrected chi connectivity index (χ4v) is 2.17. The molecule has 1 aromatic heterocycles. The van der Waals surface area contributed by atoms with Gasteiger partial charge < -0.3 is 5.32 Å². The summed E-state index contributed by atoms with van der Waals surface area (Å²) in [4.78, 5) is 8.20. The molecule has 1 heterocycles. The van der Waals surface area contributed by atoms with Crippen LogP contribution in [0.5, 0.6) is 0 Å². The zero-order valence-corrected chi connectivity index (χ0v) is 12.0. The van der Waals surface area contributed by atoms with Gasteiger partial charge in [0.1, 0.15) is 12.1 Å². The van der Waals surface area contributed by atoms with E-state index in [1.165, 1.54) is 12.4 Å². The summed E-state index contributed by atoms with van der Waals surface area (Å²) in [7, 11) is 0. The van der Waals surface area contributed by atoms with Gasteiger partial charge in [0.25, 0.3) is 0 Å². The molecular weight excluding hydrogens is 279 g/mol. The Labute approximate surface area is 121 Å². The Morgan fingerprint density at radius 3 is 2.43 bits per heavy atom. The quantitative estimate of drug-likeness (QED) is 0.862. The number of halogens is 3. The maximum atomic E-state index is 14.0. The van der Waals surface area contributed by atoms with Crippen molar-refractivity contribution in [3.63, 3.8) is 0 Å². The molecule has 0 unspecified atom stereocenters. The van der Waals surface area contributed by atoms with E-state index in [1.54, 1.807) is 0 Å². The summed E-state index contributed by atoms with van der Waals surface area (Å²) in [6.07, 6.45) is 1.28. The van der Waals surface area contributed by atoms with Gasteiger partial charge in [-0.3, -0.25) is 0 Å². The van der Waals surface area contributed by atoms with Gasteiger partial charge in [-0.15, -0.1) is 0 Å². The van der Waals surface area contributed by atoms with Crippen LogP contribution in [0.3, 0.4) is 0 Å². The molecule has 0 aliphatic carbocycles. The molecule has 21 heavy (non-hydrogen) atoms. The number of anilines is 1. The molecule has 1 aromatic carbocycles. The third-order valence-electron chi connectivity index (χ3n) is 3.10. The second-order valence-corrected chi connectivity index (χ2v) is 4.89. The normalized spacial score (nSPS) is 11.0. The van der Waals surface area contributed by atoms with Crippen LogP contribution in [-0.2, 0) is 0 Å². The molecule has 0 amide bonds. The van der Waals surface area contributed by atoms with Crippen molar-refractivity contribution in [2.24, 2.45) is 0 Å². The van der Waals surface area contributed by atoms with Gasteiger partial charge in [0.15, 0.2) is 17.5 Å². The maximum absolute atomic E-state index is 14.0. The van der Waals surface area contributed by atoms with Gasteiger partial charge in [-0.25, -0.2) is 23.1 Å². The molecule has 0 atom stereocenters. The first-order valence-electron chi connectivity index (χ1n) is 6.70. The van der Waals surface area contributed by atoms with E-state index < -0.39 is 17.5 Å². The van der Waals surface area contributed by atoms with E-state index in [0.29, 0.717) is 17.9 Å². The predicted molar refractivity (Wildman–Crippen MR) is 75.6 cm³/mol. The molecule has 0 bridgehead atoms. The van der Waals surface area contributed by atoms with Crippen molar-refractivity contribution in [1.29, 1.82) is 0 Å². The zero-order chi connectivity index (χ0) is 15.6. The lowest BCUT2D eigenvalue weighted by Gasteiger charge is -2.17. The Bertz CT molecular complexity index is 657. The fraction of sp³-hybridized carbons (Fsp3) is 0.333. The van der Waals surface area contributed by atoms with E-state index in [1.807, 2.05) is 20.8 Å². The van der Waals surface area contributed by atoms with E-state index in [0.717, 1.165) is 6.07 Å². The van der Waals surface area contributed by atoms with E-state index in [-0.39, 0.29) is 17.2 Å². The molecule has 0 saturated heterocycles. The van der Waals surface area contributed by atoms with Crippen LogP contribution >= 0.6 is 0 Å². The van der Waals surface area contributed by atoms with Crippen LogP contribution in [0.1, 0.15) is 32.3 Å². The van der Waals surface area contributed by atoms with E-state index in [4.69, 9.17) is 0 Å². The summed E-state index contributed by atoms with van der Waals surface area (Å²) in [6.45, 7) is 6.35. The molecule has 0 fully saturated rings. The maximum Gasteiger partial charge on any atom is 0.195 e. The molecule has 2 rings (SSSR count). The molecule has 112 valence electrons. The minimum atomic E-state index is -1.49. The number of hydrogen-bond donors (Lipinski definition) is 1. The van der Waals surface area contributed by atoms with Crippen molar-refractivity contribution in [2.75, 3.05) is 11.9 Å². The summed E-state index contributed by atoms with van der Waals surface area (Å²) < 4.78 is 40.5. The second kappa shape index (κ2) is 6.11. The lowest BCUT2D eigenvalue weighted by molar-refractivity contribution is 0.448.